The van der Waals surface area contributed by atoms with E-state index >= 15 is 0 Å². The molecule has 3 N–H and O–H groups in total. The molecule has 0 aliphatic heterocycles. The zero-order chi connectivity index (χ0) is 15.5. The number of nitrogen functional groups attached to an aromatic ring is 1. The number of nitrogens with one attached hydrogen (secondary N) is 1. The third kappa shape index (κ3) is 4.13. The summed E-state index contributed by atoms with van der Waals surface area (Å²) in [4.78, 5) is 7.62. The number of nitrogens with two attached hydrogens (primary N) is 1. The van der Waals surface area contributed by atoms with Gasteiger partial charge in [0.05, 0.1) is 12.8 Å². The van der Waals surface area contributed by atoms with Crippen LogP contribution < -0.4 is 20.5 Å². The number of hydrogen-bond acceptors (Lipinski definition) is 6. The fourth-order valence-electron chi connectivity index (χ4n) is 1.53. The summed E-state index contributed by atoms with van der Waals surface area (Å²) in [6.45, 7) is 0. The number of methoxy groups -OCH3 is 1. The second kappa shape index (κ2) is 5.73. The minimum Gasteiger partial charge on any atom is -0.481 e. The molecule has 2 rings (SSSR count). The largest absolute Gasteiger partial charge is 0.573 e. The monoisotopic (exact) mass is 300 g/mol. The number of alkyl halides is 3. The van der Waals surface area contributed by atoms with Gasteiger partial charge in [0.2, 0.25) is 11.8 Å². The van der Waals surface area contributed by atoms with E-state index in [0.717, 1.165) is 0 Å². The van der Waals surface area contributed by atoms with Crippen LogP contribution in [0, 0.1) is 0 Å². The standard InChI is InChI=1S/C12H11F3N4O2/c1-20-10-6-9(18-11(16)19-10)17-7-4-2-3-5-8(7)21-12(13,14)15/h2-6H,1H3,(H3,16,17,18,19). The topological polar surface area (TPSA) is 82.3 Å². The molecule has 9 heteroatoms. The highest BCUT2D eigenvalue weighted by atomic mass is 19.4. The van der Waals surface area contributed by atoms with Crippen molar-refractivity contribution in [1.29, 1.82) is 0 Å². The highest BCUT2D eigenvalue weighted by Crippen LogP contribution is 2.32. The van der Waals surface area contributed by atoms with Crippen molar-refractivity contribution in [2.75, 3.05) is 18.2 Å². The van der Waals surface area contributed by atoms with Crippen LogP contribution in [0.25, 0.3) is 0 Å². The molecule has 0 spiro atoms. The maximum atomic E-state index is 12.3. The molecular formula is C12H11F3N4O2. The molecule has 0 atom stereocenters. The van der Waals surface area contributed by atoms with Crippen LogP contribution in [0.4, 0.5) is 30.6 Å². The zero-order valence-corrected chi connectivity index (χ0v) is 10.8. The normalized spacial score (nSPS) is 11.0. The van der Waals surface area contributed by atoms with Crippen molar-refractivity contribution < 1.29 is 22.6 Å². The molecule has 0 saturated heterocycles. The Morgan fingerprint density at radius 3 is 2.57 bits per heavy atom. The molecule has 0 bridgehead atoms. The number of hydrogen-bond donors (Lipinski definition) is 2. The highest BCUT2D eigenvalue weighted by molar-refractivity contribution is 5.65. The Morgan fingerprint density at radius 1 is 1.19 bits per heavy atom. The lowest BCUT2D eigenvalue weighted by molar-refractivity contribution is -0.274. The number of anilines is 3. The van der Waals surface area contributed by atoms with Crippen molar-refractivity contribution in [1.82, 2.24) is 9.97 Å². The number of benzene rings is 1. The Balaban J connectivity index is 2.29. The first-order valence-electron chi connectivity index (χ1n) is 5.68. The summed E-state index contributed by atoms with van der Waals surface area (Å²) < 4.78 is 45.8. The van der Waals surface area contributed by atoms with Crippen LogP contribution in [0.3, 0.4) is 0 Å². The average molecular weight is 300 g/mol. The van der Waals surface area contributed by atoms with E-state index < -0.39 is 6.36 Å². The molecule has 6 nitrogen and oxygen atoms in total. The highest BCUT2D eigenvalue weighted by Gasteiger charge is 2.32. The van der Waals surface area contributed by atoms with Gasteiger partial charge >= 0.3 is 6.36 Å². The maximum absolute atomic E-state index is 12.3. The van der Waals surface area contributed by atoms with Gasteiger partial charge < -0.3 is 20.5 Å². The number of halogens is 3. The minimum atomic E-state index is -4.79. The molecule has 0 amide bonds. The molecule has 2 aromatic rings. The summed E-state index contributed by atoms with van der Waals surface area (Å²) in [6, 6.07) is 6.94. The van der Waals surface area contributed by atoms with Crippen LogP contribution >= 0.6 is 0 Å². The van der Waals surface area contributed by atoms with E-state index in [1.807, 2.05) is 0 Å². The van der Waals surface area contributed by atoms with Gasteiger partial charge in [-0.3, -0.25) is 0 Å². The summed E-state index contributed by atoms with van der Waals surface area (Å²) in [5.41, 5.74) is 5.55. The van der Waals surface area contributed by atoms with Gasteiger partial charge in [0.25, 0.3) is 0 Å². The van der Waals surface area contributed by atoms with Gasteiger partial charge in [-0.1, -0.05) is 12.1 Å². The SMILES string of the molecule is COc1cc(Nc2ccccc2OC(F)(F)F)nc(N)n1. The van der Waals surface area contributed by atoms with Gasteiger partial charge in [0.1, 0.15) is 5.82 Å². The molecule has 0 aliphatic carbocycles. The van der Waals surface area contributed by atoms with Crippen LogP contribution in [-0.4, -0.2) is 23.4 Å². The van der Waals surface area contributed by atoms with E-state index in [0.29, 0.717) is 0 Å². The summed E-state index contributed by atoms with van der Waals surface area (Å²) in [6.07, 6.45) is -4.79. The molecule has 21 heavy (non-hydrogen) atoms. The first kappa shape index (κ1) is 14.7. The van der Waals surface area contributed by atoms with Crippen LogP contribution in [-0.2, 0) is 0 Å². The quantitative estimate of drug-likeness (QED) is 0.903. The molecule has 0 radical (unpaired) electrons. The number of rotatable bonds is 4. The second-order valence-corrected chi connectivity index (χ2v) is 3.82. The molecule has 112 valence electrons. The third-order valence-corrected chi connectivity index (χ3v) is 2.30. The Hall–Kier alpha value is -2.71. The average Bonchev–Trinajstić information content (AvgIpc) is 2.38. The summed E-state index contributed by atoms with van der Waals surface area (Å²) in [5.74, 6) is -0.107. The van der Waals surface area contributed by atoms with Crippen molar-refractivity contribution in [3.05, 3.63) is 30.3 Å². The lowest BCUT2D eigenvalue weighted by Gasteiger charge is -2.14. The Kier molecular flexibility index (Phi) is 4.01. The van der Waals surface area contributed by atoms with Crippen LogP contribution in [0.15, 0.2) is 30.3 Å². The first-order chi connectivity index (χ1) is 9.87. The number of nitrogens with zero attached hydrogens (tertiary/aromatic N) is 2. The Labute approximate surface area is 117 Å². The molecular weight excluding hydrogens is 289 g/mol. The summed E-state index contributed by atoms with van der Waals surface area (Å²) in [7, 11) is 1.38. The van der Waals surface area contributed by atoms with E-state index in [2.05, 4.69) is 20.0 Å². The van der Waals surface area contributed by atoms with E-state index in [-0.39, 0.29) is 29.1 Å². The lowest BCUT2D eigenvalue weighted by Crippen LogP contribution is -2.18. The summed E-state index contributed by atoms with van der Waals surface area (Å²) >= 11 is 0. The van der Waals surface area contributed by atoms with Crippen molar-refractivity contribution in [2.45, 2.75) is 6.36 Å². The predicted molar refractivity (Wildman–Crippen MR) is 69.4 cm³/mol. The van der Waals surface area contributed by atoms with Crippen molar-refractivity contribution in [3.63, 3.8) is 0 Å². The van der Waals surface area contributed by atoms with Gasteiger partial charge in [0, 0.05) is 6.07 Å². The predicted octanol–water partition coefficient (Wildman–Crippen LogP) is 2.71. The smallest absolute Gasteiger partial charge is 0.481 e. The fraction of sp³-hybridized carbons (Fsp3) is 0.167. The van der Waals surface area contributed by atoms with E-state index in [1.54, 1.807) is 6.07 Å². The number of aromatic nitrogens is 2. The van der Waals surface area contributed by atoms with Gasteiger partial charge in [-0.2, -0.15) is 9.97 Å². The lowest BCUT2D eigenvalue weighted by atomic mass is 10.3. The van der Waals surface area contributed by atoms with Gasteiger partial charge in [-0.25, -0.2) is 0 Å². The van der Waals surface area contributed by atoms with Crippen molar-refractivity contribution >= 4 is 17.5 Å². The second-order valence-electron chi connectivity index (χ2n) is 3.82. The minimum absolute atomic E-state index is 0.0777. The maximum Gasteiger partial charge on any atom is 0.573 e. The van der Waals surface area contributed by atoms with Crippen molar-refractivity contribution in [3.8, 4) is 11.6 Å². The molecule has 0 unspecified atom stereocenters. The Bertz CT molecular complexity index is 634. The van der Waals surface area contributed by atoms with Crippen LogP contribution in [0.2, 0.25) is 0 Å². The zero-order valence-electron chi connectivity index (χ0n) is 10.8. The molecule has 0 aliphatic rings. The van der Waals surface area contributed by atoms with Gasteiger partial charge in [-0.05, 0) is 12.1 Å². The third-order valence-electron chi connectivity index (χ3n) is 2.30. The van der Waals surface area contributed by atoms with Crippen LogP contribution in [0.1, 0.15) is 0 Å². The number of para-hydroxylation sites is 2. The molecule has 0 fully saturated rings. The van der Waals surface area contributed by atoms with Crippen molar-refractivity contribution in [2.24, 2.45) is 0 Å². The summed E-state index contributed by atoms with van der Waals surface area (Å²) in [5, 5.41) is 2.67. The van der Waals surface area contributed by atoms with E-state index in [9.17, 15) is 13.2 Å². The number of ether oxygens (including phenoxy) is 2. The Morgan fingerprint density at radius 2 is 1.90 bits per heavy atom. The first-order valence-corrected chi connectivity index (χ1v) is 5.68. The van der Waals surface area contributed by atoms with Crippen LogP contribution in [0.5, 0.6) is 11.6 Å². The van der Waals surface area contributed by atoms with Gasteiger partial charge in [0.15, 0.2) is 5.75 Å². The molecule has 0 saturated carbocycles. The molecule has 1 aromatic heterocycles. The van der Waals surface area contributed by atoms with E-state index in [4.69, 9.17) is 10.5 Å². The van der Waals surface area contributed by atoms with Gasteiger partial charge in [-0.15, -0.1) is 13.2 Å². The molecule has 1 aromatic carbocycles. The van der Waals surface area contributed by atoms with E-state index in [1.165, 1.54) is 31.4 Å². The fourth-order valence-corrected chi connectivity index (χ4v) is 1.53. The molecule has 1 heterocycles.